The van der Waals surface area contributed by atoms with Gasteiger partial charge in [-0.3, -0.25) is 9.78 Å². The summed E-state index contributed by atoms with van der Waals surface area (Å²) in [6, 6.07) is 10.5. The summed E-state index contributed by atoms with van der Waals surface area (Å²) in [4.78, 5) is 15.2. The third kappa shape index (κ3) is 2.48. The van der Waals surface area contributed by atoms with Crippen LogP contribution in [0.4, 0.5) is 0 Å². The molecule has 0 saturated carbocycles. The molecule has 0 aliphatic heterocycles. The molecule has 3 rings (SSSR count). The van der Waals surface area contributed by atoms with E-state index in [1.807, 2.05) is 18.2 Å². The van der Waals surface area contributed by atoms with Crippen molar-refractivity contribution in [2.75, 3.05) is 7.11 Å². The fraction of sp³-hybridized carbons (Fsp3) is 0.0714. The molecule has 0 amide bonds. The predicted molar refractivity (Wildman–Crippen MR) is 74.3 cm³/mol. The van der Waals surface area contributed by atoms with Crippen LogP contribution in [-0.2, 0) is 0 Å². The fourth-order valence-corrected chi connectivity index (χ4v) is 1.86. The zero-order valence-electron chi connectivity index (χ0n) is 11.2. The molecule has 3 aromatic heterocycles. The second-order valence-electron chi connectivity index (χ2n) is 4.13. The highest BCUT2D eigenvalue weighted by molar-refractivity contribution is 5.75. The van der Waals surface area contributed by atoms with E-state index < -0.39 is 0 Å². The van der Waals surface area contributed by atoms with Gasteiger partial charge in [-0.25, -0.2) is 4.68 Å². The minimum absolute atomic E-state index is 0.299. The molecule has 21 heavy (non-hydrogen) atoms. The van der Waals surface area contributed by atoms with Gasteiger partial charge in [-0.05, 0) is 24.3 Å². The number of ether oxygens (including phenoxy) is 1. The first-order valence-corrected chi connectivity index (χ1v) is 6.16. The molecule has 0 atom stereocenters. The zero-order valence-corrected chi connectivity index (χ0v) is 11.2. The lowest BCUT2D eigenvalue weighted by Crippen LogP contribution is -2.04. The van der Waals surface area contributed by atoms with Gasteiger partial charge in [0, 0.05) is 12.3 Å². The molecule has 3 heterocycles. The van der Waals surface area contributed by atoms with Gasteiger partial charge in [0.2, 0.25) is 5.88 Å². The SMILES string of the molecule is COc1ccc(-n2nc(C=O)cc2-c2ccccn2)nn1. The standard InChI is InChI=1S/C14H11N5O2/c1-21-14-6-5-13(16-17-14)19-12(8-10(9-20)18-19)11-4-2-3-7-15-11/h2-9H,1H3. The molecular weight excluding hydrogens is 270 g/mol. The molecule has 3 aromatic rings. The van der Waals surface area contributed by atoms with E-state index in [-0.39, 0.29) is 0 Å². The number of nitrogens with zero attached hydrogens (tertiary/aromatic N) is 5. The quantitative estimate of drug-likeness (QED) is 0.675. The number of rotatable bonds is 4. The number of aromatic nitrogens is 5. The van der Waals surface area contributed by atoms with Crippen molar-refractivity contribution >= 4 is 6.29 Å². The molecule has 0 aliphatic rings. The van der Waals surface area contributed by atoms with Crippen LogP contribution in [0.3, 0.4) is 0 Å². The van der Waals surface area contributed by atoms with Crippen molar-refractivity contribution in [1.29, 1.82) is 0 Å². The van der Waals surface area contributed by atoms with Gasteiger partial charge in [0.1, 0.15) is 5.69 Å². The fourth-order valence-electron chi connectivity index (χ4n) is 1.86. The van der Waals surface area contributed by atoms with Crippen molar-refractivity contribution in [3.05, 3.63) is 48.3 Å². The number of methoxy groups -OCH3 is 1. The number of carbonyl (C=O) groups is 1. The number of pyridine rings is 1. The van der Waals surface area contributed by atoms with Crippen LogP contribution in [0.5, 0.6) is 5.88 Å². The monoisotopic (exact) mass is 281 g/mol. The first-order valence-electron chi connectivity index (χ1n) is 6.16. The second kappa shape index (κ2) is 5.49. The maximum absolute atomic E-state index is 11.0. The summed E-state index contributed by atoms with van der Waals surface area (Å²) in [5, 5.41) is 12.1. The largest absolute Gasteiger partial charge is 0.480 e. The van der Waals surface area contributed by atoms with Crippen molar-refractivity contribution in [3.63, 3.8) is 0 Å². The van der Waals surface area contributed by atoms with Crippen LogP contribution in [0.1, 0.15) is 10.5 Å². The van der Waals surface area contributed by atoms with Crippen LogP contribution in [-0.4, -0.2) is 38.4 Å². The van der Waals surface area contributed by atoms with Crippen LogP contribution in [0.25, 0.3) is 17.2 Å². The van der Waals surface area contributed by atoms with Gasteiger partial charge in [0.15, 0.2) is 12.1 Å². The molecule has 7 heteroatoms. The average molecular weight is 281 g/mol. The maximum Gasteiger partial charge on any atom is 0.233 e. The number of aldehydes is 1. The van der Waals surface area contributed by atoms with E-state index in [1.54, 1.807) is 24.4 Å². The Balaban J connectivity index is 2.12. The first-order chi connectivity index (χ1) is 10.3. The average Bonchev–Trinajstić information content (AvgIpc) is 3.00. The summed E-state index contributed by atoms with van der Waals surface area (Å²) in [5.74, 6) is 0.880. The van der Waals surface area contributed by atoms with E-state index in [9.17, 15) is 4.79 Å². The topological polar surface area (TPSA) is 82.8 Å². The lowest BCUT2D eigenvalue weighted by Gasteiger charge is -2.05. The van der Waals surface area contributed by atoms with Crippen LogP contribution in [0, 0.1) is 0 Å². The minimum atomic E-state index is 0.299. The molecule has 0 radical (unpaired) electrons. The molecular formula is C14H11N5O2. The number of hydrogen-bond donors (Lipinski definition) is 0. The van der Waals surface area contributed by atoms with E-state index in [2.05, 4.69) is 20.3 Å². The van der Waals surface area contributed by atoms with Gasteiger partial charge in [0.25, 0.3) is 0 Å². The Morgan fingerprint density at radius 1 is 1.19 bits per heavy atom. The molecule has 0 aliphatic carbocycles. The number of carbonyl (C=O) groups excluding carboxylic acids is 1. The molecule has 0 N–H and O–H groups in total. The predicted octanol–water partition coefficient (Wildman–Crippen LogP) is 1.55. The molecule has 0 saturated heterocycles. The summed E-state index contributed by atoms with van der Waals surface area (Å²) in [6.45, 7) is 0. The minimum Gasteiger partial charge on any atom is -0.480 e. The Hall–Kier alpha value is -3.09. The Bertz CT molecular complexity index is 753. The van der Waals surface area contributed by atoms with Crippen LogP contribution < -0.4 is 4.74 Å². The summed E-state index contributed by atoms with van der Waals surface area (Å²) in [6.07, 6.45) is 2.35. The Morgan fingerprint density at radius 2 is 2.10 bits per heavy atom. The summed E-state index contributed by atoms with van der Waals surface area (Å²) >= 11 is 0. The zero-order chi connectivity index (χ0) is 14.7. The second-order valence-corrected chi connectivity index (χ2v) is 4.13. The van der Waals surface area contributed by atoms with Gasteiger partial charge in [-0.15, -0.1) is 10.2 Å². The van der Waals surface area contributed by atoms with Gasteiger partial charge in [-0.2, -0.15) is 5.10 Å². The van der Waals surface area contributed by atoms with Crippen molar-refractivity contribution < 1.29 is 9.53 Å². The van der Waals surface area contributed by atoms with Crippen molar-refractivity contribution in [3.8, 4) is 23.1 Å². The molecule has 0 spiro atoms. The first kappa shape index (κ1) is 12.9. The van der Waals surface area contributed by atoms with Crippen LogP contribution >= 0.6 is 0 Å². The van der Waals surface area contributed by atoms with Crippen molar-refractivity contribution in [1.82, 2.24) is 25.0 Å². The smallest absolute Gasteiger partial charge is 0.233 e. The Labute approximate surface area is 120 Å². The third-order valence-corrected chi connectivity index (χ3v) is 2.83. The van der Waals surface area contributed by atoms with E-state index in [0.717, 1.165) is 0 Å². The van der Waals surface area contributed by atoms with E-state index in [4.69, 9.17) is 4.74 Å². The van der Waals surface area contributed by atoms with Gasteiger partial charge >= 0.3 is 0 Å². The molecule has 7 nitrogen and oxygen atoms in total. The Kier molecular flexibility index (Phi) is 3.38. The summed E-state index contributed by atoms with van der Waals surface area (Å²) < 4.78 is 6.50. The van der Waals surface area contributed by atoms with Gasteiger partial charge in [-0.1, -0.05) is 6.07 Å². The molecule has 104 valence electrons. The van der Waals surface area contributed by atoms with Crippen LogP contribution in [0.15, 0.2) is 42.6 Å². The van der Waals surface area contributed by atoms with Gasteiger partial charge < -0.3 is 4.74 Å². The normalized spacial score (nSPS) is 10.3. The highest BCUT2D eigenvalue weighted by Gasteiger charge is 2.13. The molecule has 0 unspecified atom stereocenters. The molecule has 0 bridgehead atoms. The van der Waals surface area contributed by atoms with E-state index in [0.29, 0.717) is 35.1 Å². The number of hydrogen-bond acceptors (Lipinski definition) is 6. The lowest BCUT2D eigenvalue weighted by molar-refractivity contribution is 0.111. The molecule has 0 aromatic carbocycles. The highest BCUT2D eigenvalue weighted by Crippen LogP contribution is 2.21. The van der Waals surface area contributed by atoms with Crippen molar-refractivity contribution in [2.24, 2.45) is 0 Å². The van der Waals surface area contributed by atoms with E-state index in [1.165, 1.54) is 11.8 Å². The third-order valence-electron chi connectivity index (χ3n) is 2.83. The maximum atomic E-state index is 11.0. The summed E-state index contributed by atoms with van der Waals surface area (Å²) in [5.41, 5.74) is 1.65. The highest BCUT2D eigenvalue weighted by atomic mass is 16.5. The van der Waals surface area contributed by atoms with Crippen LogP contribution in [0.2, 0.25) is 0 Å². The summed E-state index contributed by atoms with van der Waals surface area (Å²) in [7, 11) is 1.52. The Morgan fingerprint density at radius 3 is 2.71 bits per heavy atom. The lowest BCUT2D eigenvalue weighted by atomic mass is 10.2. The van der Waals surface area contributed by atoms with Gasteiger partial charge in [0.05, 0.1) is 18.5 Å². The molecule has 0 fully saturated rings. The van der Waals surface area contributed by atoms with Crippen molar-refractivity contribution in [2.45, 2.75) is 0 Å². The van der Waals surface area contributed by atoms with E-state index >= 15 is 0 Å².